The first-order valence-electron chi connectivity index (χ1n) is 10.5. The summed E-state index contributed by atoms with van der Waals surface area (Å²) in [6.45, 7) is 4.17. The van der Waals surface area contributed by atoms with Gasteiger partial charge in [0.25, 0.3) is 5.91 Å². The Balaban J connectivity index is 1.46. The molecule has 1 fully saturated rings. The van der Waals surface area contributed by atoms with Crippen molar-refractivity contribution in [2.45, 2.75) is 26.7 Å². The summed E-state index contributed by atoms with van der Waals surface area (Å²) in [6, 6.07) is 10.7. The van der Waals surface area contributed by atoms with Gasteiger partial charge >= 0.3 is 0 Å². The summed E-state index contributed by atoms with van der Waals surface area (Å²) in [6.07, 6.45) is 2.27. The molecule has 0 saturated heterocycles. The summed E-state index contributed by atoms with van der Waals surface area (Å²) >= 11 is 0. The fourth-order valence-corrected chi connectivity index (χ4v) is 3.42. The van der Waals surface area contributed by atoms with Crippen molar-refractivity contribution in [3.05, 3.63) is 53.1 Å². The average molecular weight is 422 g/mol. The van der Waals surface area contributed by atoms with E-state index in [9.17, 15) is 14.4 Å². The number of nitrogens with one attached hydrogen (secondary N) is 1. The Kier molecular flexibility index (Phi) is 5.93. The minimum absolute atomic E-state index is 0.0987. The Bertz CT molecular complexity index is 1030. The van der Waals surface area contributed by atoms with Gasteiger partial charge in [-0.05, 0) is 68.0 Å². The maximum atomic E-state index is 12.7. The van der Waals surface area contributed by atoms with Gasteiger partial charge in [0.1, 0.15) is 18.0 Å². The first-order chi connectivity index (χ1) is 14.9. The summed E-state index contributed by atoms with van der Waals surface area (Å²) < 4.78 is 11.2. The van der Waals surface area contributed by atoms with Crippen molar-refractivity contribution in [3.63, 3.8) is 0 Å². The Morgan fingerprint density at radius 1 is 1.16 bits per heavy atom. The number of rotatable bonds is 8. The minimum atomic E-state index is -0.315. The maximum Gasteiger partial charge on any atom is 0.265 e. The molecule has 0 spiro atoms. The Hall–Kier alpha value is -3.35. The quantitative estimate of drug-likeness (QED) is 0.662. The maximum absolute atomic E-state index is 12.7. The van der Waals surface area contributed by atoms with E-state index in [0.717, 1.165) is 24.0 Å². The van der Waals surface area contributed by atoms with E-state index in [1.54, 1.807) is 18.2 Å². The molecule has 0 radical (unpaired) electrons. The molecule has 0 bridgehead atoms. The van der Waals surface area contributed by atoms with Crippen molar-refractivity contribution in [3.8, 4) is 11.5 Å². The summed E-state index contributed by atoms with van der Waals surface area (Å²) in [4.78, 5) is 38.8. The fourth-order valence-electron chi connectivity index (χ4n) is 3.42. The SMILES string of the molecule is Cc1ccc(C)c(OCC(=O)c2ccc3c(c2)N(CC(=O)NCC2CC2)C(=O)CO3)c1. The number of nitrogens with zero attached hydrogens (tertiary/aromatic N) is 1. The van der Waals surface area contributed by atoms with Gasteiger partial charge in [0.05, 0.1) is 5.69 Å². The molecule has 0 unspecified atom stereocenters. The molecular formula is C24H26N2O5. The van der Waals surface area contributed by atoms with Crippen molar-refractivity contribution in [1.82, 2.24) is 5.32 Å². The van der Waals surface area contributed by atoms with Gasteiger partial charge in [0.15, 0.2) is 19.0 Å². The number of ketones is 1. The number of amides is 2. The van der Waals surface area contributed by atoms with E-state index in [4.69, 9.17) is 9.47 Å². The fraction of sp³-hybridized carbons (Fsp3) is 0.375. The molecule has 2 aliphatic rings. The monoisotopic (exact) mass is 422 g/mol. The number of hydrogen-bond donors (Lipinski definition) is 1. The second-order valence-electron chi connectivity index (χ2n) is 8.18. The third kappa shape index (κ3) is 5.05. The smallest absolute Gasteiger partial charge is 0.265 e. The number of benzene rings is 2. The average Bonchev–Trinajstić information content (AvgIpc) is 3.59. The van der Waals surface area contributed by atoms with Gasteiger partial charge in [-0.3, -0.25) is 19.3 Å². The largest absolute Gasteiger partial charge is 0.485 e. The van der Waals surface area contributed by atoms with Gasteiger partial charge in [0.2, 0.25) is 5.91 Å². The second-order valence-corrected chi connectivity index (χ2v) is 8.18. The molecule has 2 aromatic carbocycles. The molecule has 1 aliphatic carbocycles. The van der Waals surface area contributed by atoms with Gasteiger partial charge in [-0.15, -0.1) is 0 Å². The van der Waals surface area contributed by atoms with Crippen LogP contribution in [0.5, 0.6) is 11.5 Å². The molecule has 162 valence electrons. The van der Waals surface area contributed by atoms with Crippen molar-refractivity contribution in [1.29, 1.82) is 0 Å². The molecule has 2 amide bonds. The molecule has 0 aromatic heterocycles. The van der Waals surface area contributed by atoms with Crippen LogP contribution in [-0.2, 0) is 9.59 Å². The lowest BCUT2D eigenvalue weighted by Crippen LogP contribution is -2.45. The van der Waals surface area contributed by atoms with Gasteiger partial charge in [-0.1, -0.05) is 12.1 Å². The Morgan fingerprint density at radius 2 is 1.97 bits per heavy atom. The third-order valence-electron chi connectivity index (χ3n) is 5.51. The van der Waals surface area contributed by atoms with E-state index in [1.807, 2.05) is 32.0 Å². The number of Topliss-reactive ketones (excluding diaryl/α,β-unsaturated/α-hetero) is 1. The predicted octanol–water partition coefficient (Wildman–Crippen LogP) is 2.82. The first-order valence-corrected chi connectivity index (χ1v) is 10.5. The van der Waals surface area contributed by atoms with Gasteiger partial charge in [-0.2, -0.15) is 0 Å². The molecule has 1 aliphatic heterocycles. The van der Waals surface area contributed by atoms with E-state index < -0.39 is 0 Å². The zero-order valence-electron chi connectivity index (χ0n) is 17.8. The van der Waals surface area contributed by atoms with E-state index in [1.165, 1.54) is 4.90 Å². The third-order valence-corrected chi connectivity index (χ3v) is 5.51. The summed E-state index contributed by atoms with van der Waals surface area (Å²) in [5, 5.41) is 2.87. The van der Waals surface area contributed by atoms with Crippen molar-refractivity contribution in [2.75, 3.05) is 31.2 Å². The van der Waals surface area contributed by atoms with Crippen LogP contribution in [0, 0.1) is 19.8 Å². The molecule has 1 N–H and O–H groups in total. The normalized spacial score (nSPS) is 15.2. The van der Waals surface area contributed by atoms with Gasteiger partial charge in [0, 0.05) is 12.1 Å². The molecule has 1 heterocycles. The van der Waals surface area contributed by atoms with Crippen LogP contribution in [-0.4, -0.2) is 43.9 Å². The lowest BCUT2D eigenvalue weighted by Gasteiger charge is -2.29. The van der Waals surface area contributed by atoms with Crippen LogP contribution in [0.3, 0.4) is 0 Å². The number of fused-ring (bicyclic) bond motifs is 1. The Labute approximate surface area is 181 Å². The molecule has 31 heavy (non-hydrogen) atoms. The highest BCUT2D eigenvalue weighted by molar-refractivity contribution is 6.04. The highest BCUT2D eigenvalue weighted by Crippen LogP contribution is 2.33. The van der Waals surface area contributed by atoms with Crippen molar-refractivity contribution in [2.24, 2.45) is 5.92 Å². The first kappa shape index (κ1) is 20.9. The number of ether oxygens (including phenoxy) is 2. The van der Waals surface area contributed by atoms with Gasteiger partial charge < -0.3 is 14.8 Å². The van der Waals surface area contributed by atoms with Crippen LogP contribution >= 0.6 is 0 Å². The van der Waals surface area contributed by atoms with E-state index in [2.05, 4.69) is 5.32 Å². The number of anilines is 1. The number of hydrogen-bond acceptors (Lipinski definition) is 5. The topological polar surface area (TPSA) is 84.9 Å². The zero-order valence-corrected chi connectivity index (χ0v) is 17.8. The van der Waals surface area contributed by atoms with E-state index >= 15 is 0 Å². The highest BCUT2D eigenvalue weighted by Gasteiger charge is 2.29. The summed E-state index contributed by atoms with van der Waals surface area (Å²) in [5.74, 6) is 0.937. The molecule has 1 saturated carbocycles. The lowest BCUT2D eigenvalue weighted by atomic mass is 10.1. The zero-order chi connectivity index (χ0) is 22.0. The van der Waals surface area contributed by atoms with Crippen LogP contribution in [0.25, 0.3) is 0 Å². The van der Waals surface area contributed by atoms with Crippen molar-refractivity contribution >= 4 is 23.3 Å². The van der Waals surface area contributed by atoms with E-state index in [0.29, 0.717) is 35.2 Å². The van der Waals surface area contributed by atoms with Crippen molar-refractivity contribution < 1.29 is 23.9 Å². The van der Waals surface area contributed by atoms with Crippen LogP contribution < -0.4 is 19.7 Å². The lowest BCUT2D eigenvalue weighted by molar-refractivity contribution is -0.125. The Morgan fingerprint density at radius 3 is 2.74 bits per heavy atom. The molecular weight excluding hydrogens is 396 g/mol. The van der Waals surface area contributed by atoms with Crippen LogP contribution in [0.15, 0.2) is 36.4 Å². The molecule has 7 heteroatoms. The number of carbonyl (C=O) groups is 3. The van der Waals surface area contributed by atoms with Gasteiger partial charge in [-0.25, -0.2) is 0 Å². The molecule has 0 atom stereocenters. The second kappa shape index (κ2) is 8.79. The molecule has 2 aromatic rings. The van der Waals surface area contributed by atoms with Crippen LogP contribution in [0.4, 0.5) is 5.69 Å². The number of carbonyl (C=O) groups excluding carboxylic acids is 3. The van der Waals surface area contributed by atoms with Crippen LogP contribution in [0.2, 0.25) is 0 Å². The molecule has 7 nitrogen and oxygen atoms in total. The minimum Gasteiger partial charge on any atom is -0.485 e. The standard InChI is InChI=1S/C24H26N2O5/c1-15-3-4-16(2)22(9-15)30-13-20(27)18-7-8-21-19(10-18)26(24(29)14-31-21)12-23(28)25-11-17-5-6-17/h3-4,7-10,17H,5-6,11-14H2,1-2H3,(H,25,28). The van der Waals surface area contributed by atoms with E-state index in [-0.39, 0.29) is 37.4 Å². The summed E-state index contributed by atoms with van der Waals surface area (Å²) in [5.41, 5.74) is 2.82. The van der Waals surface area contributed by atoms with Crippen LogP contribution in [0.1, 0.15) is 34.3 Å². The highest BCUT2D eigenvalue weighted by atomic mass is 16.5. The predicted molar refractivity (Wildman–Crippen MR) is 116 cm³/mol. The summed E-state index contributed by atoms with van der Waals surface area (Å²) in [7, 11) is 0. The number of aryl methyl sites for hydroxylation is 2. The molecule has 4 rings (SSSR count).